The summed E-state index contributed by atoms with van der Waals surface area (Å²) >= 11 is 0. The van der Waals surface area contributed by atoms with Crippen molar-refractivity contribution in [3.8, 4) is 0 Å². The second-order valence-corrected chi connectivity index (χ2v) is 6.96. The fraction of sp³-hybridized carbons (Fsp3) is 0.632. The predicted octanol–water partition coefficient (Wildman–Crippen LogP) is 4.20. The molecule has 0 radical (unpaired) electrons. The second-order valence-electron chi connectivity index (χ2n) is 6.96. The molecule has 1 aliphatic rings. The van der Waals surface area contributed by atoms with Gasteiger partial charge in [0.25, 0.3) is 0 Å². The van der Waals surface area contributed by atoms with Gasteiger partial charge in [0.05, 0.1) is 0 Å². The van der Waals surface area contributed by atoms with Crippen LogP contribution in [0.15, 0.2) is 30.3 Å². The van der Waals surface area contributed by atoms with Crippen LogP contribution in [0.5, 0.6) is 0 Å². The summed E-state index contributed by atoms with van der Waals surface area (Å²) < 4.78 is 0. The molecule has 0 aromatic heterocycles. The lowest BCUT2D eigenvalue weighted by Crippen LogP contribution is -2.39. The Bertz CT molecular complexity index is 432. The largest absolute Gasteiger partial charge is 0.353 e. The molecule has 0 unspecified atom stereocenters. The van der Waals surface area contributed by atoms with Crippen LogP contribution in [0.1, 0.15) is 52.0 Å². The first kappa shape index (κ1) is 16.1. The predicted molar refractivity (Wildman–Crippen MR) is 88.0 cm³/mol. The van der Waals surface area contributed by atoms with E-state index < -0.39 is 0 Å². The summed E-state index contributed by atoms with van der Waals surface area (Å²) in [4.78, 5) is 12.4. The topological polar surface area (TPSA) is 29.1 Å². The van der Waals surface area contributed by atoms with Gasteiger partial charge in [-0.05, 0) is 56.4 Å². The van der Waals surface area contributed by atoms with Crippen LogP contribution in [0.25, 0.3) is 0 Å². The van der Waals surface area contributed by atoms with Crippen LogP contribution in [0.3, 0.4) is 0 Å². The Hall–Kier alpha value is -1.31. The summed E-state index contributed by atoms with van der Waals surface area (Å²) in [5.41, 5.74) is 1.29. The third kappa shape index (κ3) is 4.87. The Morgan fingerprint density at radius 2 is 1.71 bits per heavy atom. The van der Waals surface area contributed by atoms with Gasteiger partial charge in [-0.3, -0.25) is 4.79 Å². The van der Waals surface area contributed by atoms with Crippen molar-refractivity contribution in [3.63, 3.8) is 0 Å². The Kier molecular flexibility index (Phi) is 5.84. The van der Waals surface area contributed by atoms with Crippen molar-refractivity contribution in [3.05, 3.63) is 35.9 Å². The molecule has 1 aromatic rings. The van der Waals surface area contributed by atoms with Crippen molar-refractivity contribution in [1.82, 2.24) is 5.32 Å². The molecular weight excluding hydrogens is 258 g/mol. The lowest BCUT2D eigenvalue weighted by Gasteiger charge is -2.30. The molecule has 21 heavy (non-hydrogen) atoms. The minimum absolute atomic E-state index is 0.211. The third-order valence-electron chi connectivity index (χ3n) is 4.86. The quantitative estimate of drug-likeness (QED) is 0.864. The smallest absolute Gasteiger partial charge is 0.223 e. The fourth-order valence-electron chi connectivity index (χ4n) is 3.43. The molecule has 1 fully saturated rings. The van der Waals surface area contributed by atoms with Crippen molar-refractivity contribution in [1.29, 1.82) is 0 Å². The summed E-state index contributed by atoms with van der Waals surface area (Å²) in [6.07, 6.45) is 5.46. The molecule has 0 heterocycles. The molecular formula is C19H29NO. The van der Waals surface area contributed by atoms with E-state index in [2.05, 4.69) is 50.4 Å². The van der Waals surface area contributed by atoms with E-state index in [-0.39, 0.29) is 17.9 Å². The molecule has 1 saturated carbocycles. The van der Waals surface area contributed by atoms with E-state index in [9.17, 15) is 4.79 Å². The van der Waals surface area contributed by atoms with Gasteiger partial charge in [-0.2, -0.15) is 0 Å². The van der Waals surface area contributed by atoms with E-state index in [1.807, 2.05) is 6.07 Å². The molecule has 0 aliphatic heterocycles. The first-order valence-corrected chi connectivity index (χ1v) is 8.40. The van der Waals surface area contributed by atoms with Crippen molar-refractivity contribution < 1.29 is 4.79 Å². The highest BCUT2D eigenvalue weighted by Gasteiger charge is 2.28. The number of hydrogen-bond acceptors (Lipinski definition) is 1. The van der Waals surface area contributed by atoms with Crippen LogP contribution in [-0.2, 0) is 11.2 Å². The SMILES string of the molecule is CC(C)[C@H]1CC[C@H](C(=O)N[C@@H](C)Cc2ccccc2)CC1. The molecule has 2 heteroatoms. The number of nitrogens with one attached hydrogen (secondary N) is 1. The van der Waals surface area contributed by atoms with Gasteiger partial charge in [-0.25, -0.2) is 0 Å². The number of hydrogen-bond donors (Lipinski definition) is 1. The molecule has 1 aromatic carbocycles. The Morgan fingerprint density at radius 1 is 1.10 bits per heavy atom. The van der Waals surface area contributed by atoms with Crippen molar-refractivity contribution in [2.75, 3.05) is 0 Å². The van der Waals surface area contributed by atoms with E-state index in [1.165, 1.54) is 18.4 Å². The number of benzene rings is 1. The van der Waals surface area contributed by atoms with Crippen LogP contribution >= 0.6 is 0 Å². The first-order chi connectivity index (χ1) is 10.1. The Balaban J connectivity index is 1.77. The summed E-state index contributed by atoms with van der Waals surface area (Å²) in [5, 5.41) is 3.20. The lowest BCUT2D eigenvalue weighted by molar-refractivity contribution is -0.126. The van der Waals surface area contributed by atoms with E-state index >= 15 is 0 Å². The average molecular weight is 287 g/mol. The molecule has 1 N–H and O–H groups in total. The van der Waals surface area contributed by atoms with Crippen LogP contribution < -0.4 is 5.32 Å². The number of carbonyl (C=O) groups is 1. The minimum atomic E-state index is 0.211. The molecule has 2 rings (SSSR count). The maximum Gasteiger partial charge on any atom is 0.223 e. The van der Waals surface area contributed by atoms with Crippen LogP contribution in [0.2, 0.25) is 0 Å². The van der Waals surface area contributed by atoms with Crippen LogP contribution in [0, 0.1) is 17.8 Å². The summed E-state index contributed by atoms with van der Waals surface area (Å²) in [6.45, 7) is 6.70. The van der Waals surface area contributed by atoms with Crippen LogP contribution in [0.4, 0.5) is 0 Å². The molecule has 1 atom stereocenters. The van der Waals surface area contributed by atoms with Gasteiger partial charge in [0.15, 0.2) is 0 Å². The number of rotatable bonds is 5. The van der Waals surface area contributed by atoms with Gasteiger partial charge in [0.2, 0.25) is 5.91 Å². The molecule has 0 spiro atoms. The number of carbonyl (C=O) groups excluding carboxylic acids is 1. The molecule has 2 nitrogen and oxygen atoms in total. The Labute approximate surface area is 129 Å². The average Bonchev–Trinajstić information content (AvgIpc) is 2.48. The molecule has 0 saturated heterocycles. The van der Waals surface area contributed by atoms with Crippen molar-refractivity contribution in [2.24, 2.45) is 17.8 Å². The molecule has 1 aliphatic carbocycles. The van der Waals surface area contributed by atoms with E-state index in [0.717, 1.165) is 31.1 Å². The van der Waals surface area contributed by atoms with E-state index in [4.69, 9.17) is 0 Å². The van der Waals surface area contributed by atoms with Crippen molar-refractivity contribution in [2.45, 2.75) is 58.9 Å². The monoisotopic (exact) mass is 287 g/mol. The van der Waals surface area contributed by atoms with E-state index in [0.29, 0.717) is 0 Å². The van der Waals surface area contributed by atoms with Gasteiger partial charge in [0, 0.05) is 12.0 Å². The highest BCUT2D eigenvalue weighted by molar-refractivity contribution is 5.79. The summed E-state index contributed by atoms with van der Waals surface area (Å²) in [7, 11) is 0. The minimum Gasteiger partial charge on any atom is -0.353 e. The molecule has 116 valence electrons. The van der Waals surface area contributed by atoms with Gasteiger partial charge in [0.1, 0.15) is 0 Å². The van der Waals surface area contributed by atoms with E-state index in [1.54, 1.807) is 0 Å². The molecule has 1 amide bonds. The lowest BCUT2D eigenvalue weighted by atomic mass is 9.76. The van der Waals surface area contributed by atoms with Gasteiger partial charge < -0.3 is 5.32 Å². The Morgan fingerprint density at radius 3 is 2.29 bits per heavy atom. The highest BCUT2D eigenvalue weighted by Crippen LogP contribution is 2.33. The zero-order valence-corrected chi connectivity index (χ0v) is 13.6. The van der Waals surface area contributed by atoms with Gasteiger partial charge in [-0.1, -0.05) is 44.2 Å². The normalized spacial score (nSPS) is 23.8. The fourth-order valence-corrected chi connectivity index (χ4v) is 3.43. The van der Waals surface area contributed by atoms with Gasteiger partial charge in [-0.15, -0.1) is 0 Å². The zero-order chi connectivity index (χ0) is 15.2. The maximum absolute atomic E-state index is 12.4. The van der Waals surface area contributed by atoms with Crippen LogP contribution in [-0.4, -0.2) is 11.9 Å². The first-order valence-electron chi connectivity index (χ1n) is 8.40. The highest BCUT2D eigenvalue weighted by atomic mass is 16.1. The van der Waals surface area contributed by atoms with Crippen molar-refractivity contribution >= 4 is 5.91 Å². The summed E-state index contributed by atoms with van der Waals surface area (Å²) in [6, 6.07) is 10.6. The maximum atomic E-state index is 12.4. The molecule has 0 bridgehead atoms. The van der Waals surface area contributed by atoms with Gasteiger partial charge >= 0.3 is 0 Å². The standard InChI is InChI=1S/C19H29NO/c1-14(2)17-9-11-18(12-10-17)19(21)20-15(3)13-16-7-5-4-6-8-16/h4-8,14-15,17-18H,9-13H2,1-3H3,(H,20,21)/t15-,17-,18-/m0/s1. The zero-order valence-electron chi connectivity index (χ0n) is 13.6. The summed E-state index contributed by atoms with van der Waals surface area (Å²) in [5.74, 6) is 2.07. The number of amides is 1. The second kappa shape index (κ2) is 7.63. The third-order valence-corrected chi connectivity index (χ3v) is 4.86.